The van der Waals surface area contributed by atoms with Gasteiger partial charge in [-0.25, -0.2) is 8.78 Å². The van der Waals surface area contributed by atoms with Gasteiger partial charge in [-0.05, 0) is 106 Å². The number of hydrogen-bond acceptors (Lipinski definition) is 2. The number of carbonyl (C=O) groups excluding carboxylic acids is 2. The summed E-state index contributed by atoms with van der Waals surface area (Å²) in [7, 11) is 0. The first kappa shape index (κ1) is 29.3. The van der Waals surface area contributed by atoms with E-state index in [-0.39, 0.29) is 45.1 Å². The lowest BCUT2D eigenvalue weighted by Crippen LogP contribution is -2.38. The van der Waals surface area contributed by atoms with Crippen LogP contribution in [0.3, 0.4) is 0 Å². The van der Waals surface area contributed by atoms with Crippen LogP contribution in [0.2, 0.25) is 10.0 Å². The Balaban J connectivity index is 1.13. The molecule has 0 unspecified atom stereocenters. The average Bonchev–Trinajstić information content (AvgIpc) is 2.90. The minimum atomic E-state index is -0.453. The first-order valence-electron chi connectivity index (χ1n) is 13.6. The van der Waals surface area contributed by atoms with Gasteiger partial charge in [0.05, 0.1) is 10.0 Å². The van der Waals surface area contributed by atoms with Gasteiger partial charge in [-0.1, -0.05) is 35.3 Å². The number of amides is 2. The zero-order valence-corrected chi connectivity index (χ0v) is 23.3. The van der Waals surface area contributed by atoms with E-state index in [1.807, 2.05) is 0 Å². The van der Waals surface area contributed by atoms with Gasteiger partial charge < -0.3 is 10.6 Å². The summed E-state index contributed by atoms with van der Waals surface area (Å²) in [5.74, 6) is -0.0724. The fraction of sp³-hybridized carbons (Fsp3) is 0.419. The van der Waals surface area contributed by atoms with Gasteiger partial charge in [0.25, 0.3) is 0 Å². The second kappa shape index (κ2) is 14.1. The molecule has 2 aliphatic carbocycles. The lowest BCUT2D eigenvalue weighted by Gasteiger charge is -2.34. The molecule has 208 valence electrons. The molecule has 0 bridgehead atoms. The summed E-state index contributed by atoms with van der Waals surface area (Å²) in [4.78, 5) is 24.7. The van der Waals surface area contributed by atoms with E-state index >= 15 is 0 Å². The lowest BCUT2D eigenvalue weighted by molar-refractivity contribution is -0.118. The van der Waals surface area contributed by atoms with Crippen LogP contribution in [0.5, 0.6) is 0 Å². The third-order valence-corrected chi connectivity index (χ3v) is 8.51. The average molecular weight is 576 g/mol. The van der Waals surface area contributed by atoms with Crippen molar-refractivity contribution in [1.82, 2.24) is 10.6 Å². The Kier molecular flexibility index (Phi) is 10.6. The predicted octanol–water partition coefficient (Wildman–Crippen LogP) is 7.74. The highest BCUT2D eigenvalue weighted by molar-refractivity contribution is 6.32. The summed E-state index contributed by atoms with van der Waals surface area (Å²) in [6, 6.07) is 9.15. The van der Waals surface area contributed by atoms with Crippen LogP contribution in [0, 0.1) is 23.5 Å². The molecule has 0 spiro atoms. The molecular weight excluding hydrogens is 541 g/mol. The molecule has 4 nitrogen and oxygen atoms in total. The second-order valence-electron chi connectivity index (χ2n) is 10.6. The van der Waals surface area contributed by atoms with Crippen molar-refractivity contribution in [2.45, 2.75) is 69.9 Å². The molecule has 0 heterocycles. The molecule has 0 radical (unpaired) electrons. The van der Waals surface area contributed by atoms with Crippen molar-refractivity contribution < 1.29 is 18.4 Å². The van der Waals surface area contributed by atoms with Gasteiger partial charge in [0.15, 0.2) is 0 Å². The van der Waals surface area contributed by atoms with Crippen LogP contribution in [-0.4, -0.2) is 23.9 Å². The number of hydrogen-bond donors (Lipinski definition) is 2. The molecule has 0 aliphatic heterocycles. The molecule has 0 saturated heterocycles. The number of benzene rings is 2. The molecule has 2 aromatic rings. The van der Waals surface area contributed by atoms with E-state index in [2.05, 4.69) is 10.6 Å². The number of halogens is 4. The van der Waals surface area contributed by atoms with E-state index in [9.17, 15) is 18.4 Å². The van der Waals surface area contributed by atoms with Crippen molar-refractivity contribution in [2.24, 2.45) is 11.8 Å². The maximum atomic E-state index is 13.9. The van der Waals surface area contributed by atoms with Crippen LogP contribution in [0.4, 0.5) is 8.78 Å². The quantitative estimate of drug-likeness (QED) is 0.317. The van der Waals surface area contributed by atoms with Crippen molar-refractivity contribution in [3.05, 3.63) is 81.4 Å². The highest BCUT2D eigenvalue weighted by Gasteiger charge is 2.27. The molecule has 2 aromatic carbocycles. The van der Waals surface area contributed by atoms with Crippen LogP contribution in [0.15, 0.2) is 48.6 Å². The summed E-state index contributed by atoms with van der Waals surface area (Å²) in [6.45, 7) is 0. The molecule has 4 rings (SSSR count). The van der Waals surface area contributed by atoms with Crippen molar-refractivity contribution >= 4 is 47.2 Å². The van der Waals surface area contributed by atoms with Gasteiger partial charge in [0.1, 0.15) is 11.6 Å². The topological polar surface area (TPSA) is 58.2 Å². The van der Waals surface area contributed by atoms with E-state index in [0.717, 1.165) is 51.4 Å². The molecule has 2 fully saturated rings. The van der Waals surface area contributed by atoms with Gasteiger partial charge in [-0.2, -0.15) is 0 Å². The Bertz CT molecular complexity index is 1080. The fourth-order valence-corrected chi connectivity index (χ4v) is 6.16. The van der Waals surface area contributed by atoms with E-state index in [1.165, 1.54) is 55.0 Å². The summed E-state index contributed by atoms with van der Waals surface area (Å²) < 4.78 is 27.8. The first-order valence-corrected chi connectivity index (χ1v) is 14.4. The van der Waals surface area contributed by atoms with Crippen molar-refractivity contribution in [3.63, 3.8) is 0 Å². The zero-order valence-electron chi connectivity index (χ0n) is 21.8. The van der Waals surface area contributed by atoms with Gasteiger partial charge >= 0.3 is 0 Å². The summed E-state index contributed by atoms with van der Waals surface area (Å²) in [5, 5.41) is 6.63. The molecule has 39 heavy (non-hydrogen) atoms. The molecular formula is C31H34Cl2F2N2O2. The van der Waals surface area contributed by atoms with Crippen LogP contribution < -0.4 is 10.6 Å². The lowest BCUT2D eigenvalue weighted by atomic mass is 9.75. The Hall–Kier alpha value is -2.70. The zero-order chi connectivity index (χ0) is 27.8. The Labute approximate surface area is 238 Å². The van der Waals surface area contributed by atoms with E-state index in [4.69, 9.17) is 23.2 Å². The highest BCUT2D eigenvalue weighted by Crippen LogP contribution is 2.35. The Morgan fingerprint density at radius 2 is 1.08 bits per heavy atom. The molecule has 8 heteroatoms. The van der Waals surface area contributed by atoms with Crippen LogP contribution in [0.25, 0.3) is 12.2 Å². The molecule has 2 amide bonds. The van der Waals surface area contributed by atoms with Gasteiger partial charge in [-0.15, -0.1) is 0 Å². The summed E-state index contributed by atoms with van der Waals surface area (Å²) in [5.41, 5.74) is 0.438. The van der Waals surface area contributed by atoms with Gasteiger partial charge in [0.2, 0.25) is 11.8 Å². The third kappa shape index (κ3) is 8.64. The summed E-state index contributed by atoms with van der Waals surface area (Å²) >= 11 is 12.0. The number of nitrogens with one attached hydrogen (secondary N) is 2. The van der Waals surface area contributed by atoms with Crippen molar-refractivity contribution in [1.29, 1.82) is 0 Å². The van der Waals surface area contributed by atoms with E-state index < -0.39 is 11.6 Å². The standard InChI is InChI=1S/C31H34Cl2F2N2O2/c32-26-3-1-5-28(34)24(26)15-17-30(38)36-22-11-7-20(8-12-22)19-21-9-13-23(14-10-21)37-31(39)18-16-25-27(33)4-2-6-29(25)35/h1-6,15-18,20-23H,7-14,19H2,(H,36,38)(H,37,39). The maximum absolute atomic E-state index is 13.9. The van der Waals surface area contributed by atoms with Crippen molar-refractivity contribution in [3.8, 4) is 0 Å². The minimum Gasteiger partial charge on any atom is -0.350 e. The number of rotatable bonds is 8. The van der Waals surface area contributed by atoms with Gasteiger partial charge in [-0.3, -0.25) is 9.59 Å². The molecule has 2 aliphatic rings. The summed E-state index contributed by atoms with van der Waals surface area (Å²) in [6.07, 6.45) is 14.8. The third-order valence-electron chi connectivity index (χ3n) is 7.86. The monoisotopic (exact) mass is 574 g/mol. The largest absolute Gasteiger partial charge is 0.350 e. The van der Waals surface area contributed by atoms with Crippen LogP contribution in [0.1, 0.15) is 68.9 Å². The predicted molar refractivity (Wildman–Crippen MR) is 153 cm³/mol. The molecule has 2 saturated carbocycles. The smallest absolute Gasteiger partial charge is 0.244 e. The fourth-order valence-electron chi connectivity index (χ4n) is 5.71. The van der Waals surface area contributed by atoms with Crippen molar-refractivity contribution in [2.75, 3.05) is 0 Å². The number of carbonyl (C=O) groups is 2. The maximum Gasteiger partial charge on any atom is 0.244 e. The van der Waals surface area contributed by atoms with Crippen LogP contribution >= 0.6 is 23.2 Å². The highest BCUT2D eigenvalue weighted by atomic mass is 35.5. The van der Waals surface area contributed by atoms with E-state index in [1.54, 1.807) is 12.1 Å². The molecule has 0 aromatic heterocycles. The molecule has 2 N–H and O–H groups in total. The Morgan fingerprint density at radius 1 is 0.692 bits per heavy atom. The normalized spacial score (nSPS) is 23.7. The second-order valence-corrected chi connectivity index (χ2v) is 11.4. The minimum absolute atomic E-state index is 0.132. The molecule has 0 atom stereocenters. The Morgan fingerprint density at radius 3 is 1.44 bits per heavy atom. The van der Waals surface area contributed by atoms with Crippen LogP contribution in [-0.2, 0) is 9.59 Å². The van der Waals surface area contributed by atoms with Gasteiger partial charge in [0, 0.05) is 35.4 Å². The SMILES string of the molecule is O=C(C=Cc1c(F)cccc1Cl)NC1CCC(CC2CCC(NC(=O)C=Cc3c(F)cccc3Cl)CC2)CC1. The first-order chi connectivity index (χ1) is 18.8. The van der Waals surface area contributed by atoms with E-state index in [0.29, 0.717) is 11.8 Å².